The van der Waals surface area contributed by atoms with E-state index in [9.17, 15) is 9.59 Å². The van der Waals surface area contributed by atoms with Crippen LogP contribution in [0.2, 0.25) is 5.02 Å². The molecule has 148 valence electrons. The number of para-hydroxylation sites is 1. The maximum absolute atomic E-state index is 12.6. The second-order valence-electron chi connectivity index (χ2n) is 6.59. The lowest BCUT2D eigenvalue weighted by Crippen LogP contribution is -2.32. The van der Waals surface area contributed by atoms with Crippen molar-refractivity contribution in [1.29, 1.82) is 0 Å². The van der Waals surface area contributed by atoms with Gasteiger partial charge in [-0.25, -0.2) is 0 Å². The van der Waals surface area contributed by atoms with Crippen LogP contribution in [0.3, 0.4) is 0 Å². The van der Waals surface area contributed by atoms with Crippen LogP contribution in [-0.2, 0) is 9.53 Å². The standard InChI is InChI=1S/C21H23ClN2O3S/c1-14(28-17-10-8-15(22)9-11-17)20(25)24-19-7-3-2-6-18(19)21(26)23-13-16-5-4-12-27-16/h2-3,6-11,14,16H,4-5,12-13H2,1H3,(H,23,26)(H,24,25)/t14-,16-/m1/s1. The van der Waals surface area contributed by atoms with E-state index >= 15 is 0 Å². The van der Waals surface area contributed by atoms with Crippen molar-refractivity contribution in [2.75, 3.05) is 18.5 Å². The Morgan fingerprint density at radius 2 is 1.96 bits per heavy atom. The number of rotatable bonds is 7. The van der Waals surface area contributed by atoms with Crippen molar-refractivity contribution in [2.45, 2.75) is 36.0 Å². The van der Waals surface area contributed by atoms with Gasteiger partial charge in [0.25, 0.3) is 5.91 Å². The molecular weight excluding hydrogens is 396 g/mol. The van der Waals surface area contributed by atoms with Crippen LogP contribution in [0.5, 0.6) is 0 Å². The Labute approximate surface area is 174 Å². The van der Waals surface area contributed by atoms with Crippen LogP contribution in [0.25, 0.3) is 0 Å². The van der Waals surface area contributed by atoms with Crippen LogP contribution < -0.4 is 10.6 Å². The molecule has 2 amide bonds. The van der Waals surface area contributed by atoms with Gasteiger partial charge in [0.2, 0.25) is 5.91 Å². The normalized spacial score (nSPS) is 17.1. The van der Waals surface area contributed by atoms with Gasteiger partial charge in [-0.1, -0.05) is 23.7 Å². The Kier molecular flexibility index (Phi) is 7.36. The monoisotopic (exact) mass is 418 g/mol. The molecule has 0 aliphatic carbocycles. The molecule has 0 aromatic heterocycles. The topological polar surface area (TPSA) is 67.4 Å². The number of benzene rings is 2. The van der Waals surface area contributed by atoms with Crippen molar-refractivity contribution in [3.8, 4) is 0 Å². The second-order valence-corrected chi connectivity index (χ2v) is 8.44. The van der Waals surface area contributed by atoms with E-state index < -0.39 is 0 Å². The molecule has 2 aromatic rings. The molecule has 7 heteroatoms. The van der Waals surface area contributed by atoms with Gasteiger partial charge in [-0.3, -0.25) is 9.59 Å². The molecule has 1 heterocycles. The number of carbonyl (C=O) groups is 2. The Bertz CT molecular complexity index is 823. The predicted octanol–water partition coefficient (Wildman–Crippen LogP) is 4.37. The molecule has 5 nitrogen and oxygen atoms in total. The number of halogens is 1. The smallest absolute Gasteiger partial charge is 0.253 e. The molecule has 1 aliphatic heterocycles. The number of hydrogen-bond acceptors (Lipinski definition) is 4. The second kappa shape index (κ2) is 9.96. The van der Waals surface area contributed by atoms with E-state index in [0.717, 1.165) is 24.3 Å². The van der Waals surface area contributed by atoms with E-state index in [1.54, 1.807) is 36.4 Å². The zero-order chi connectivity index (χ0) is 19.9. The van der Waals surface area contributed by atoms with E-state index in [1.165, 1.54) is 11.8 Å². The fourth-order valence-electron chi connectivity index (χ4n) is 2.90. The first-order valence-corrected chi connectivity index (χ1v) is 10.5. The molecule has 1 fully saturated rings. The molecule has 2 N–H and O–H groups in total. The quantitative estimate of drug-likeness (QED) is 0.655. The fourth-order valence-corrected chi connectivity index (χ4v) is 3.90. The zero-order valence-electron chi connectivity index (χ0n) is 15.6. The summed E-state index contributed by atoms with van der Waals surface area (Å²) in [5.74, 6) is -0.385. The number of carbonyl (C=O) groups excluding carboxylic acids is 2. The minimum absolute atomic E-state index is 0.0708. The van der Waals surface area contributed by atoms with Gasteiger partial charge in [-0.2, -0.15) is 0 Å². The number of ether oxygens (including phenoxy) is 1. The maximum atomic E-state index is 12.6. The summed E-state index contributed by atoms with van der Waals surface area (Å²) >= 11 is 7.33. The average molecular weight is 419 g/mol. The lowest BCUT2D eigenvalue weighted by atomic mass is 10.1. The van der Waals surface area contributed by atoms with Crippen LogP contribution in [0.4, 0.5) is 5.69 Å². The SMILES string of the molecule is C[C@@H](Sc1ccc(Cl)cc1)C(=O)Nc1ccccc1C(=O)NC[C@H]1CCCO1. The zero-order valence-corrected chi connectivity index (χ0v) is 17.2. The van der Waals surface area contributed by atoms with Gasteiger partial charge in [0.1, 0.15) is 0 Å². The third-order valence-corrected chi connectivity index (χ3v) is 5.80. The third kappa shape index (κ3) is 5.74. The first kappa shape index (κ1) is 20.7. The lowest BCUT2D eigenvalue weighted by molar-refractivity contribution is -0.115. The highest BCUT2D eigenvalue weighted by atomic mass is 35.5. The highest BCUT2D eigenvalue weighted by Gasteiger charge is 2.20. The number of anilines is 1. The fraction of sp³-hybridized carbons (Fsp3) is 0.333. The summed E-state index contributed by atoms with van der Waals surface area (Å²) in [5.41, 5.74) is 0.943. The van der Waals surface area contributed by atoms with E-state index in [1.807, 2.05) is 19.1 Å². The molecule has 1 aliphatic rings. The van der Waals surface area contributed by atoms with Crippen molar-refractivity contribution in [3.63, 3.8) is 0 Å². The van der Waals surface area contributed by atoms with Gasteiger partial charge in [0, 0.05) is 23.1 Å². The predicted molar refractivity (Wildman–Crippen MR) is 113 cm³/mol. The molecule has 2 aromatic carbocycles. The largest absolute Gasteiger partial charge is 0.376 e. The van der Waals surface area contributed by atoms with Crippen LogP contribution >= 0.6 is 23.4 Å². The number of thioether (sulfide) groups is 1. The molecule has 0 bridgehead atoms. The average Bonchev–Trinajstić information content (AvgIpc) is 3.22. The number of amides is 2. The highest BCUT2D eigenvalue weighted by Crippen LogP contribution is 2.26. The summed E-state index contributed by atoms with van der Waals surface area (Å²) in [6, 6.07) is 14.4. The van der Waals surface area contributed by atoms with Crippen LogP contribution in [0, 0.1) is 0 Å². The number of hydrogen-bond donors (Lipinski definition) is 2. The highest BCUT2D eigenvalue weighted by molar-refractivity contribution is 8.00. The van der Waals surface area contributed by atoms with Gasteiger partial charge in [-0.05, 0) is 56.2 Å². The summed E-state index contributed by atoms with van der Waals surface area (Å²) in [4.78, 5) is 26.1. The van der Waals surface area contributed by atoms with Crippen molar-refractivity contribution < 1.29 is 14.3 Å². The summed E-state index contributed by atoms with van der Waals surface area (Å²) in [6.07, 6.45) is 2.05. The van der Waals surface area contributed by atoms with Gasteiger partial charge in [0.15, 0.2) is 0 Å². The van der Waals surface area contributed by atoms with Crippen molar-refractivity contribution in [1.82, 2.24) is 5.32 Å². The Morgan fingerprint density at radius 3 is 2.68 bits per heavy atom. The van der Waals surface area contributed by atoms with Gasteiger partial charge in [-0.15, -0.1) is 11.8 Å². The first-order valence-electron chi connectivity index (χ1n) is 9.25. The Balaban J connectivity index is 1.60. The Morgan fingerprint density at radius 1 is 1.21 bits per heavy atom. The summed E-state index contributed by atoms with van der Waals surface area (Å²) in [5, 5.41) is 6.10. The molecular formula is C21H23ClN2O3S. The minimum atomic E-state index is -0.329. The molecule has 0 saturated carbocycles. The van der Waals surface area contributed by atoms with Gasteiger partial charge < -0.3 is 15.4 Å². The molecule has 2 atom stereocenters. The first-order chi connectivity index (χ1) is 13.5. The Hall–Kier alpha value is -2.02. The number of nitrogens with one attached hydrogen (secondary N) is 2. The molecule has 0 radical (unpaired) electrons. The summed E-state index contributed by atoms with van der Waals surface area (Å²) < 4.78 is 5.53. The van der Waals surface area contributed by atoms with Gasteiger partial charge in [0.05, 0.1) is 22.6 Å². The molecule has 0 unspecified atom stereocenters. The van der Waals surface area contributed by atoms with E-state index in [4.69, 9.17) is 16.3 Å². The maximum Gasteiger partial charge on any atom is 0.253 e. The molecule has 0 spiro atoms. The summed E-state index contributed by atoms with van der Waals surface area (Å²) in [7, 11) is 0. The van der Waals surface area contributed by atoms with Crippen LogP contribution in [0.15, 0.2) is 53.4 Å². The molecule has 3 rings (SSSR count). The van der Waals surface area contributed by atoms with Crippen molar-refractivity contribution in [3.05, 3.63) is 59.1 Å². The van der Waals surface area contributed by atoms with E-state index in [-0.39, 0.29) is 23.2 Å². The minimum Gasteiger partial charge on any atom is -0.376 e. The molecule has 1 saturated heterocycles. The van der Waals surface area contributed by atoms with Crippen LogP contribution in [0.1, 0.15) is 30.1 Å². The van der Waals surface area contributed by atoms with Gasteiger partial charge >= 0.3 is 0 Å². The van der Waals surface area contributed by atoms with Crippen molar-refractivity contribution in [2.24, 2.45) is 0 Å². The van der Waals surface area contributed by atoms with Crippen LogP contribution in [-0.4, -0.2) is 36.3 Å². The summed E-state index contributed by atoms with van der Waals surface area (Å²) in [6.45, 7) is 3.05. The van der Waals surface area contributed by atoms with E-state index in [2.05, 4.69) is 10.6 Å². The van der Waals surface area contributed by atoms with E-state index in [0.29, 0.717) is 22.8 Å². The molecule has 28 heavy (non-hydrogen) atoms. The third-order valence-electron chi connectivity index (χ3n) is 4.44. The van der Waals surface area contributed by atoms with Crippen molar-refractivity contribution >= 4 is 40.9 Å². The lowest BCUT2D eigenvalue weighted by Gasteiger charge is -2.16.